The van der Waals surface area contributed by atoms with Crippen molar-refractivity contribution < 1.29 is 19.0 Å². The molecule has 0 aliphatic rings. The number of hydrogen-bond acceptors (Lipinski definition) is 2. The normalized spacial score (nSPS) is 10.9. The van der Waals surface area contributed by atoms with Crippen LogP contribution in [0.3, 0.4) is 0 Å². The van der Waals surface area contributed by atoms with Gasteiger partial charge in [-0.15, -0.1) is 0 Å². The fourth-order valence-electron chi connectivity index (χ4n) is 2.84. The highest BCUT2D eigenvalue weighted by Crippen LogP contribution is 2.35. The van der Waals surface area contributed by atoms with Gasteiger partial charge in [-0.1, -0.05) is 12.1 Å². The molecule has 0 spiro atoms. The van der Waals surface area contributed by atoms with Crippen LogP contribution in [0.4, 0.5) is 4.39 Å². The first kappa shape index (κ1) is 15.1. The topological polar surface area (TPSA) is 62.3 Å². The Bertz CT molecular complexity index is 899. The molecule has 0 aliphatic heterocycles. The fraction of sp³-hybridized carbons (Fsp3) is 0.167. The molecule has 0 radical (unpaired) electrons. The van der Waals surface area contributed by atoms with E-state index in [0.717, 1.165) is 16.5 Å². The molecule has 118 valence electrons. The second kappa shape index (κ2) is 5.76. The summed E-state index contributed by atoms with van der Waals surface area (Å²) in [6.45, 7) is 1.90. The lowest BCUT2D eigenvalue weighted by molar-refractivity contribution is -0.136. The highest BCUT2D eigenvalue weighted by molar-refractivity contribution is 5.96. The van der Waals surface area contributed by atoms with E-state index < -0.39 is 11.8 Å². The minimum absolute atomic E-state index is 0.198. The van der Waals surface area contributed by atoms with Crippen LogP contribution >= 0.6 is 0 Å². The summed E-state index contributed by atoms with van der Waals surface area (Å²) in [7, 11) is 1.56. The number of aromatic amines is 1. The van der Waals surface area contributed by atoms with Crippen molar-refractivity contribution in [3.05, 3.63) is 53.3 Å². The van der Waals surface area contributed by atoms with Gasteiger partial charge in [-0.25, -0.2) is 4.39 Å². The summed E-state index contributed by atoms with van der Waals surface area (Å²) in [5.74, 6) is -0.722. The highest BCUT2D eigenvalue weighted by Gasteiger charge is 2.19. The number of aryl methyl sites for hydroxylation is 1. The molecule has 1 heterocycles. The summed E-state index contributed by atoms with van der Waals surface area (Å²) in [6.07, 6.45) is -0.198. The third kappa shape index (κ3) is 2.65. The van der Waals surface area contributed by atoms with Gasteiger partial charge in [0.1, 0.15) is 11.6 Å². The van der Waals surface area contributed by atoms with Crippen molar-refractivity contribution >= 4 is 16.9 Å². The number of H-pyrrole nitrogens is 1. The van der Waals surface area contributed by atoms with Gasteiger partial charge in [-0.3, -0.25) is 4.79 Å². The van der Waals surface area contributed by atoms with Gasteiger partial charge >= 0.3 is 5.97 Å². The Morgan fingerprint density at radius 1 is 1.30 bits per heavy atom. The van der Waals surface area contributed by atoms with Crippen LogP contribution in [0.15, 0.2) is 36.4 Å². The zero-order valence-corrected chi connectivity index (χ0v) is 12.8. The Balaban J connectivity index is 2.35. The van der Waals surface area contributed by atoms with Crippen molar-refractivity contribution in [3.63, 3.8) is 0 Å². The van der Waals surface area contributed by atoms with E-state index in [1.54, 1.807) is 31.4 Å². The summed E-state index contributed by atoms with van der Waals surface area (Å²) in [4.78, 5) is 14.5. The summed E-state index contributed by atoms with van der Waals surface area (Å²) in [5.41, 5.74) is 3.11. The van der Waals surface area contributed by atoms with Crippen molar-refractivity contribution in [2.24, 2.45) is 0 Å². The zero-order valence-electron chi connectivity index (χ0n) is 12.8. The highest BCUT2D eigenvalue weighted by atomic mass is 19.1. The van der Waals surface area contributed by atoms with Crippen LogP contribution in [-0.2, 0) is 11.2 Å². The van der Waals surface area contributed by atoms with Crippen LogP contribution in [0.2, 0.25) is 0 Å². The van der Waals surface area contributed by atoms with Crippen molar-refractivity contribution in [1.82, 2.24) is 4.98 Å². The predicted molar refractivity (Wildman–Crippen MR) is 86.3 cm³/mol. The van der Waals surface area contributed by atoms with Gasteiger partial charge in [0.05, 0.1) is 19.2 Å². The second-order valence-corrected chi connectivity index (χ2v) is 5.40. The third-order valence-corrected chi connectivity index (χ3v) is 3.89. The smallest absolute Gasteiger partial charge is 0.307 e. The fourth-order valence-corrected chi connectivity index (χ4v) is 2.84. The minimum Gasteiger partial charge on any atom is -0.497 e. The number of hydrogen-bond donors (Lipinski definition) is 2. The number of halogens is 1. The minimum atomic E-state index is -0.969. The molecular weight excluding hydrogens is 297 g/mol. The van der Waals surface area contributed by atoms with Crippen molar-refractivity contribution in [2.45, 2.75) is 13.3 Å². The number of carboxylic acids is 1. The lowest BCUT2D eigenvalue weighted by Gasteiger charge is -2.05. The first-order valence-electron chi connectivity index (χ1n) is 7.17. The first-order chi connectivity index (χ1) is 11.0. The number of rotatable bonds is 4. The van der Waals surface area contributed by atoms with Crippen molar-refractivity contribution in [1.29, 1.82) is 0 Å². The van der Waals surface area contributed by atoms with E-state index in [1.807, 2.05) is 13.0 Å². The van der Waals surface area contributed by atoms with E-state index >= 15 is 0 Å². The van der Waals surface area contributed by atoms with E-state index in [0.29, 0.717) is 22.6 Å². The number of fused-ring (bicyclic) bond motifs is 1. The van der Waals surface area contributed by atoms with Crippen LogP contribution in [-0.4, -0.2) is 23.2 Å². The molecule has 0 fully saturated rings. The molecule has 1 aromatic heterocycles. The van der Waals surface area contributed by atoms with Gasteiger partial charge in [-0.2, -0.15) is 0 Å². The molecule has 0 aliphatic carbocycles. The maximum Gasteiger partial charge on any atom is 0.307 e. The number of aromatic nitrogens is 1. The van der Waals surface area contributed by atoms with Gasteiger partial charge < -0.3 is 14.8 Å². The maximum absolute atomic E-state index is 14.2. The number of ether oxygens (including phenoxy) is 1. The summed E-state index contributed by atoms with van der Waals surface area (Å²) in [5, 5.41) is 9.98. The summed E-state index contributed by atoms with van der Waals surface area (Å²) in [6, 6.07) is 9.96. The standard InChI is InChI=1S/C18H16FNO3/c1-10-7-11(23-2)8-13-14(9-16(21)22)18(20-17(10)13)12-5-3-4-6-15(12)19/h3-8,20H,9H2,1-2H3,(H,21,22). The molecule has 0 saturated carbocycles. The molecule has 0 atom stereocenters. The lowest BCUT2D eigenvalue weighted by Crippen LogP contribution is -2.01. The SMILES string of the molecule is COc1cc(C)c2[nH]c(-c3ccccc3F)c(CC(=O)O)c2c1. The molecule has 3 rings (SSSR count). The Kier molecular flexibility index (Phi) is 3.78. The molecule has 4 nitrogen and oxygen atoms in total. The van der Waals surface area contributed by atoms with Crippen LogP contribution < -0.4 is 4.74 Å². The number of carboxylic acid groups (broad SMARTS) is 1. The van der Waals surface area contributed by atoms with E-state index in [9.17, 15) is 14.3 Å². The van der Waals surface area contributed by atoms with Gasteiger partial charge in [0.25, 0.3) is 0 Å². The van der Waals surface area contributed by atoms with Gasteiger partial charge in [0.2, 0.25) is 0 Å². The van der Waals surface area contributed by atoms with E-state index in [-0.39, 0.29) is 6.42 Å². The van der Waals surface area contributed by atoms with Crippen LogP contribution in [0.25, 0.3) is 22.2 Å². The lowest BCUT2D eigenvalue weighted by atomic mass is 10.0. The van der Waals surface area contributed by atoms with Crippen LogP contribution in [0.5, 0.6) is 5.75 Å². The molecule has 2 N–H and O–H groups in total. The molecular formula is C18H16FNO3. The molecule has 0 saturated heterocycles. The zero-order chi connectivity index (χ0) is 16.6. The maximum atomic E-state index is 14.2. The number of methoxy groups -OCH3 is 1. The van der Waals surface area contributed by atoms with Gasteiger partial charge in [0, 0.05) is 16.5 Å². The quantitative estimate of drug-likeness (QED) is 0.767. The van der Waals surface area contributed by atoms with E-state index in [2.05, 4.69) is 4.98 Å². The Morgan fingerprint density at radius 2 is 2.04 bits per heavy atom. The Hall–Kier alpha value is -2.82. The average molecular weight is 313 g/mol. The average Bonchev–Trinajstić information content (AvgIpc) is 2.86. The Morgan fingerprint density at radius 3 is 2.70 bits per heavy atom. The van der Waals surface area contributed by atoms with Gasteiger partial charge in [-0.05, 0) is 42.3 Å². The third-order valence-electron chi connectivity index (χ3n) is 3.89. The van der Waals surface area contributed by atoms with E-state index in [1.165, 1.54) is 6.07 Å². The summed E-state index contributed by atoms with van der Waals surface area (Å²) >= 11 is 0. The number of aliphatic carboxylic acids is 1. The number of carbonyl (C=O) groups is 1. The molecule has 23 heavy (non-hydrogen) atoms. The monoisotopic (exact) mass is 313 g/mol. The molecule has 0 amide bonds. The number of benzene rings is 2. The van der Waals surface area contributed by atoms with E-state index in [4.69, 9.17) is 4.74 Å². The summed E-state index contributed by atoms with van der Waals surface area (Å²) < 4.78 is 19.4. The largest absolute Gasteiger partial charge is 0.497 e. The van der Waals surface area contributed by atoms with Crippen molar-refractivity contribution in [2.75, 3.05) is 7.11 Å². The van der Waals surface area contributed by atoms with Gasteiger partial charge in [0.15, 0.2) is 0 Å². The second-order valence-electron chi connectivity index (χ2n) is 5.40. The Labute approximate surface area is 132 Å². The number of nitrogens with one attached hydrogen (secondary N) is 1. The molecule has 5 heteroatoms. The molecule has 2 aromatic carbocycles. The molecule has 0 bridgehead atoms. The predicted octanol–water partition coefficient (Wildman–Crippen LogP) is 3.92. The molecule has 3 aromatic rings. The first-order valence-corrected chi connectivity index (χ1v) is 7.17. The van der Waals surface area contributed by atoms with Crippen LogP contribution in [0, 0.1) is 12.7 Å². The van der Waals surface area contributed by atoms with Crippen molar-refractivity contribution in [3.8, 4) is 17.0 Å². The molecule has 0 unspecified atom stereocenters. The van der Waals surface area contributed by atoms with Crippen LogP contribution in [0.1, 0.15) is 11.1 Å².